The van der Waals surface area contributed by atoms with Gasteiger partial charge in [0.1, 0.15) is 0 Å². The molecule has 2 aliphatic rings. The minimum Gasteiger partial charge on any atom is -0.459 e. The van der Waals surface area contributed by atoms with E-state index >= 15 is 0 Å². The summed E-state index contributed by atoms with van der Waals surface area (Å²) in [6.07, 6.45) is 5.55. The molecule has 0 bridgehead atoms. The van der Waals surface area contributed by atoms with Crippen LogP contribution in [0.25, 0.3) is 0 Å². The van der Waals surface area contributed by atoms with Crippen LogP contribution in [0.15, 0.2) is 66.4 Å². The molecule has 4 rings (SSSR count). The quantitative estimate of drug-likeness (QED) is 0.665. The van der Waals surface area contributed by atoms with Crippen LogP contribution in [-0.4, -0.2) is 23.8 Å². The van der Waals surface area contributed by atoms with Gasteiger partial charge in [0.2, 0.25) is 6.29 Å². The molecule has 1 fully saturated rings. The van der Waals surface area contributed by atoms with Crippen molar-refractivity contribution >= 4 is 5.91 Å². The molecule has 0 spiro atoms. The van der Waals surface area contributed by atoms with Gasteiger partial charge in [0, 0.05) is 13.0 Å². The fourth-order valence-electron chi connectivity index (χ4n) is 3.78. The Labute approximate surface area is 177 Å². The Morgan fingerprint density at radius 1 is 1.03 bits per heavy atom. The second-order valence-corrected chi connectivity index (χ2v) is 8.09. The molecule has 1 amide bonds. The van der Waals surface area contributed by atoms with E-state index in [1.807, 2.05) is 48.5 Å². The lowest BCUT2D eigenvalue weighted by Crippen LogP contribution is -2.34. The van der Waals surface area contributed by atoms with Crippen LogP contribution in [0.5, 0.6) is 0 Å². The molecule has 158 valence electrons. The molecule has 2 aromatic rings. The Kier molecular flexibility index (Phi) is 6.82. The van der Waals surface area contributed by atoms with Crippen molar-refractivity contribution in [2.45, 2.75) is 45.2 Å². The molecule has 0 aromatic heterocycles. The Balaban J connectivity index is 1.31. The Bertz CT molecular complexity index is 858. The number of benzene rings is 2. The minimum absolute atomic E-state index is 0.0312. The van der Waals surface area contributed by atoms with Gasteiger partial charge in [-0.3, -0.25) is 4.79 Å². The van der Waals surface area contributed by atoms with Crippen LogP contribution in [0.4, 0.5) is 0 Å². The molecule has 2 N–H and O–H groups in total. The van der Waals surface area contributed by atoms with Crippen LogP contribution in [0.3, 0.4) is 0 Å². The van der Waals surface area contributed by atoms with E-state index in [0.717, 1.165) is 24.0 Å². The number of aliphatic hydroxyl groups excluding tert-OH is 1. The first-order valence-corrected chi connectivity index (χ1v) is 10.7. The van der Waals surface area contributed by atoms with Crippen LogP contribution in [0.2, 0.25) is 0 Å². The number of amides is 1. The number of rotatable bonds is 9. The van der Waals surface area contributed by atoms with Gasteiger partial charge >= 0.3 is 0 Å². The number of carbonyl (C=O) groups is 1. The normalized spacial score (nSPS) is 20.9. The molecule has 2 atom stereocenters. The summed E-state index contributed by atoms with van der Waals surface area (Å²) in [4.78, 5) is 12.7. The smallest absolute Gasteiger partial charge is 0.286 e. The Morgan fingerprint density at radius 3 is 2.47 bits per heavy atom. The standard InChI is InChI=1S/C25H29NO4/c27-16-19-6-8-20(9-7-19)17-29-24-15-22(21-10-11-21)14-23(30-24)25(28)26-13-12-18-4-2-1-3-5-18/h1-9,14,21-22,24,27H,10-13,15-17H2,(H,26,28)/t22-,24+/m0/s1. The molecule has 2 aromatic carbocycles. The summed E-state index contributed by atoms with van der Waals surface area (Å²) in [6.45, 7) is 1.01. The minimum atomic E-state index is -0.423. The van der Waals surface area contributed by atoms with Crippen molar-refractivity contribution in [3.05, 3.63) is 83.1 Å². The number of hydrogen-bond donors (Lipinski definition) is 2. The zero-order chi connectivity index (χ0) is 20.8. The molecule has 1 heterocycles. The third-order valence-corrected chi connectivity index (χ3v) is 5.72. The average molecular weight is 408 g/mol. The molecule has 5 heteroatoms. The van der Waals surface area contributed by atoms with Gasteiger partial charge in [-0.05, 0) is 53.9 Å². The van der Waals surface area contributed by atoms with Crippen molar-refractivity contribution in [1.82, 2.24) is 5.32 Å². The largest absolute Gasteiger partial charge is 0.459 e. The molecule has 0 saturated heterocycles. The fraction of sp³-hybridized carbons (Fsp3) is 0.400. The third kappa shape index (κ3) is 5.71. The summed E-state index contributed by atoms with van der Waals surface area (Å²) in [5.74, 6) is 1.18. The summed E-state index contributed by atoms with van der Waals surface area (Å²) >= 11 is 0. The number of nitrogens with one attached hydrogen (secondary N) is 1. The van der Waals surface area contributed by atoms with Gasteiger partial charge in [-0.1, -0.05) is 54.6 Å². The summed E-state index contributed by atoms with van der Waals surface area (Å²) in [5.41, 5.74) is 3.08. The number of carbonyl (C=O) groups excluding carboxylic acids is 1. The fourth-order valence-corrected chi connectivity index (χ4v) is 3.78. The van der Waals surface area contributed by atoms with Crippen molar-refractivity contribution in [2.75, 3.05) is 6.54 Å². The van der Waals surface area contributed by atoms with E-state index in [1.165, 1.54) is 18.4 Å². The first-order valence-electron chi connectivity index (χ1n) is 10.7. The van der Waals surface area contributed by atoms with Gasteiger partial charge < -0.3 is 19.9 Å². The van der Waals surface area contributed by atoms with Crippen molar-refractivity contribution in [3.8, 4) is 0 Å². The number of hydrogen-bond acceptors (Lipinski definition) is 4. The van der Waals surface area contributed by atoms with Gasteiger partial charge in [0.15, 0.2) is 5.76 Å². The monoisotopic (exact) mass is 407 g/mol. The van der Waals surface area contributed by atoms with E-state index in [0.29, 0.717) is 30.7 Å². The van der Waals surface area contributed by atoms with Gasteiger partial charge in [-0.2, -0.15) is 0 Å². The van der Waals surface area contributed by atoms with Crippen LogP contribution >= 0.6 is 0 Å². The molecular formula is C25H29NO4. The number of allylic oxidation sites excluding steroid dienone is 1. The highest BCUT2D eigenvalue weighted by Gasteiger charge is 2.37. The lowest BCUT2D eigenvalue weighted by molar-refractivity contribution is -0.154. The average Bonchev–Trinajstić information content (AvgIpc) is 3.64. The zero-order valence-corrected chi connectivity index (χ0v) is 17.1. The summed E-state index contributed by atoms with van der Waals surface area (Å²) in [7, 11) is 0. The van der Waals surface area contributed by atoms with Crippen LogP contribution in [-0.2, 0) is 33.9 Å². The van der Waals surface area contributed by atoms with Crippen molar-refractivity contribution in [2.24, 2.45) is 11.8 Å². The predicted molar refractivity (Wildman–Crippen MR) is 114 cm³/mol. The highest BCUT2D eigenvalue weighted by atomic mass is 16.7. The molecule has 1 aliphatic carbocycles. The molecule has 0 unspecified atom stereocenters. The second kappa shape index (κ2) is 9.92. The van der Waals surface area contributed by atoms with E-state index in [-0.39, 0.29) is 12.5 Å². The van der Waals surface area contributed by atoms with Gasteiger partial charge in [0.25, 0.3) is 5.91 Å². The molecule has 5 nitrogen and oxygen atoms in total. The SMILES string of the molecule is O=C(NCCc1ccccc1)C1=C[C@H](C2CC2)C[C@H](OCc2ccc(CO)cc2)O1. The second-order valence-electron chi connectivity index (χ2n) is 8.09. The number of ether oxygens (including phenoxy) is 2. The summed E-state index contributed by atoms with van der Waals surface area (Å²) in [6, 6.07) is 17.8. The van der Waals surface area contributed by atoms with Crippen LogP contribution in [0, 0.1) is 11.8 Å². The van der Waals surface area contributed by atoms with Crippen LogP contribution < -0.4 is 5.32 Å². The van der Waals surface area contributed by atoms with E-state index in [4.69, 9.17) is 14.6 Å². The maximum Gasteiger partial charge on any atom is 0.286 e. The summed E-state index contributed by atoms with van der Waals surface area (Å²) < 4.78 is 11.9. The first kappa shape index (κ1) is 20.6. The molecule has 1 aliphatic heterocycles. The van der Waals surface area contributed by atoms with E-state index < -0.39 is 6.29 Å². The third-order valence-electron chi connectivity index (χ3n) is 5.72. The van der Waals surface area contributed by atoms with E-state index in [1.54, 1.807) is 0 Å². The molecular weight excluding hydrogens is 378 g/mol. The highest BCUT2D eigenvalue weighted by molar-refractivity contribution is 5.91. The maximum absolute atomic E-state index is 12.7. The topological polar surface area (TPSA) is 67.8 Å². The Morgan fingerprint density at radius 2 is 1.77 bits per heavy atom. The predicted octanol–water partition coefficient (Wildman–Crippen LogP) is 3.71. The van der Waals surface area contributed by atoms with Gasteiger partial charge in [-0.15, -0.1) is 0 Å². The van der Waals surface area contributed by atoms with Crippen LogP contribution in [0.1, 0.15) is 36.0 Å². The lowest BCUT2D eigenvalue weighted by Gasteiger charge is -2.29. The van der Waals surface area contributed by atoms with Crippen molar-refractivity contribution < 1.29 is 19.4 Å². The molecule has 0 radical (unpaired) electrons. The van der Waals surface area contributed by atoms with Crippen molar-refractivity contribution in [1.29, 1.82) is 0 Å². The first-order chi connectivity index (χ1) is 14.7. The molecule has 30 heavy (non-hydrogen) atoms. The summed E-state index contributed by atoms with van der Waals surface area (Å²) in [5, 5.41) is 12.1. The van der Waals surface area contributed by atoms with Gasteiger partial charge in [0.05, 0.1) is 13.2 Å². The maximum atomic E-state index is 12.7. The zero-order valence-electron chi connectivity index (χ0n) is 17.1. The van der Waals surface area contributed by atoms with Crippen molar-refractivity contribution in [3.63, 3.8) is 0 Å². The highest BCUT2D eigenvalue weighted by Crippen LogP contribution is 2.42. The van der Waals surface area contributed by atoms with Gasteiger partial charge in [-0.25, -0.2) is 0 Å². The van der Waals surface area contributed by atoms with E-state index in [2.05, 4.69) is 17.4 Å². The molecule has 1 saturated carbocycles. The van der Waals surface area contributed by atoms with E-state index in [9.17, 15) is 4.79 Å². The lowest BCUT2D eigenvalue weighted by atomic mass is 9.96. The Hall–Kier alpha value is -2.63. The number of aliphatic hydroxyl groups is 1.